The highest BCUT2D eigenvalue weighted by molar-refractivity contribution is 5.09. The van der Waals surface area contributed by atoms with Crippen LogP contribution in [-0.2, 0) is 0 Å². The molecule has 1 heteroatoms. The first-order chi connectivity index (χ1) is 6.84. The summed E-state index contributed by atoms with van der Waals surface area (Å²) >= 11 is 0. The molecule has 15 heavy (non-hydrogen) atoms. The van der Waals surface area contributed by atoms with Gasteiger partial charge in [0.2, 0.25) is 0 Å². The Kier molecular flexibility index (Phi) is 3.99. The third kappa shape index (κ3) is 3.07. The van der Waals surface area contributed by atoms with Crippen molar-refractivity contribution in [2.75, 3.05) is 0 Å². The fourth-order valence-electron chi connectivity index (χ4n) is 2.73. The van der Waals surface area contributed by atoms with Crippen LogP contribution in [0.3, 0.4) is 0 Å². The molecule has 1 aliphatic rings. The quantitative estimate of drug-likeness (QED) is 0.703. The molecule has 0 amide bonds. The Labute approximate surface area is 94.6 Å². The molecule has 1 saturated carbocycles. The molecular weight excluding hydrogens is 184 g/mol. The predicted molar refractivity (Wildman–Crippen MR) is 65.7 cm³/mol. The number of hydrogen-bond donors (Lipinski definition) is 1. The van der Waals surface area contributed by atoms with Crippen molar-refractivity contribution in [2.45, 2.75) is 59.5 Å². The molecule has 1 aliphatic carbocycles. The number of aliphatic hydroxyl groups excluding tert-OH is 1. The van der Waals surface area contributed by atoms with E-state index >= 15 is 0 Å². The molecule has 0 aromatic heterocycles. The van der Waals surface area contributed by atoms with Crippen LogP contribution in [0.5, 0.6) is 0 Å². The molecule has 1 rings (SSSR count). The van der Waals surface area contributed by atoms with Crippen molar-refractivity contribution in [2.24, 2.45) is 17.3 Å². The van der Waals surface area contributed by atoms with Crippen LogP contribution in [0.2, 0.25) is 0 Å². The topological polar surface area (TPSA) is 20.2 Å². The standard InChI is InChI=1S/C14H26O/c1-10-7-6-8-14(4,5)13(10)9-11(2)12(3)15/h11-13,15H,1,6-9H2,2-5H3. The maximum absolute atomic E-state index is 9.58. The summed E-state index contributed by atoms with van der Waals surface area (Å²) < 4.78 is 0. The predicted octanol–water partition coefficient (Wildman–Crippen LogP) is 3.78. The summed E-state index contributed by atoms with van der Waals surface area (Å²) in [5.41, 5.74) is 1.78. The fourth-order valence-corrected chi connectivity index (χ4v) is 2.73. The van der Waals surface area contributed by atoms with E-state index in [1.165, 1.54) is 24.8 Å². The minimum Gasteiger partial charge on any atom is -0.393 e. The van der Waals surface area contributed by atoms with Gasteiger partial charge in [0.1, 0.15) is 0 Å². The normalized spacial score (nSPS) is 29.9. The van der Waals surface area contributed by atoms with E-state index in [1.54, 1.807) is 0 Å². The fraction of sp³-hybridized carbons (Fsp3) is 0.857. The molecule has 0 radical (unpaired) electrons. The molecule has 0 saturated heterocycles. The van der Waals surface area contributed by atoms with Crippen LogP contribution in [0.25, 0.3) is 0 Å². The van der Waals surface area contributed by atoms with E-state index in [-0.39, 0.29) is 6.10 Å². The third-order valence-corrected chi connectivity index (χ3v) is 4.19. The van der Waals surface area contributed by atoms with E-state index in [9.17, 15) is 5.11 Å². The SMILES string of the molecule is C=C1CCCC(C)(C)C1CC(C)C(C)O. The zero-order valence-electron chi connectivity index (χ0n) is 10.7. The minimum absolute atomic E-state index is 0.199. The first-order valence-corrected chi connectivity index (χ1v) is 6.20. The van der Waals surface area contributed by atoms with E-state index in [2.05, 4.69) is 27.4 Å². The number of hydrogen-bond acceptors (Lipinski definition) is 1. The zero-order valence-corrected chi connectivity index (χ0v) is 10.7. The van der Waals surface area contributed by atoms with Gasteiger partial charge in [0.05, 0.1) is 6.10 Å². The van der Waals surface area contributed by atoms with Crippen molar-refractivity contribution in [3.8, 4) is 0 Å². The van der Waals surface area contributed by atoms with Gasteiger partial charge in [-0.2, -0.15) is 0 Å². The summed E-state index contributed by atoms with van der Waals surface area (Å²) in [6.07, 6.45) is 4.65. The smallest absolute Gasteiger partial charge is 0.0537 e. The molecule has 0 bridgehead atoms. The Morgan fingerprint density at radius 2 is 2.07 bits per heavy atom. The number of allylic oxidation sites excluding steroid dienone is 1. The summed E-state index contributed by atoms with van der Waals surface area (Å²) in [5.74, 6) is 0.972. The van der Waals surface area contributed by atoms with Gasteiger partial charge in [-0.1, -0.05) is 32.9 Å². The van der Waals surface area contributed by atoms with Gasteiger partial charge in [0, 0.05) is 0 Å². The van der Waals surface area contributed by atoms with E-state index in [0.717, 1.165) is 6.42 Å². The van der Waals surface area contributed by atoms with Gasteiger partial charge in [-0.15, -0.1) is 0 Å². The van der Waals surface area contributed by atoms with Crippen molar-refractivity contribution >= 4 is 0 Å². The van der Waals surface area contributed by atoms with Crippen molar-refractivity contribution in [3.63, 3.8) is 0 Å². The third-order valence-electron chi connectivity index (χ3n) is 4.19. The van der Waals surface area contributed by atoms with Crippen molar-refractivity contribution in [1.29, 1.82) is 0 Å². The van der Waals surface area contributed by atoms with Gasteiger partial charge in [-0.05, 0) is 49.9 Å². The summed E-state index contributed by atoms with van der Waals surface area (Å²) in [6.45, 7) is 12.9. The van der Waals surface area contributed by atoms with Crippen LogP contribution >= 0.6 is 0 Å². The van der Waals surface area contributed by atoms with Crippen LogP contribution in [0.1, 0.15) is 53.4 Å². The Balaban J connectivity index is 2.67. The van der Waals surface area contributed by atoms with Crippen LogP contribution in [0.15, 0.2) is 12.2 Å². The molecule has 88 valence electrons. The van der Waals surface area contributed by atoms with Crippen LogP contribution in [0, 0.1) is 17.3 Å². The zero-order chi connectivity index (χ0) is 11.6. The highest BCUT2D eigenvalue weighted by atomic mass is 16.3. The summed E-state index contributed by atoms with van der Waals surface area (Å²) in [4.78, 5) is 0. The second kappa shape index (κ2) is 4.69. The molecule has 0 aromatic rings. The monoisotopic (exact) mass is 210 g/mol. The Hall–Kier alpha value is -0.300. The molecule has 0 heterocycles. The average molecular weight is 210 g/mol. The van der Waals surface area contributed by atoms with Gasteiger partial charge in [0.15, 0.2) is 0 Å². The second-order valence-corrected chi connectivity index (χ2v) is 6.01. The van der Waals surface area contributed by atoms with Crippen molar-refractivity contribution in [1.82, 2.24) is 0 Å². The van der Waals surface area contributed by atoms with Gasteiger partial charge in [0.25, 0.3) is 0 Å². The minimum atomic E-state index is -0.199. The molecule has 3 unspecified atom stereocenters. The number of aliphatic hydroxyl groups is 1. The lowest BCUT2D eigenvalue weighted by atomic mass is 9.64. The highest BCUT2D eigenvalue weighted by Crippen LogP contribution is 2.46. The largest absolute Gasteiger partial charge is 0.393 e. The van der Waals surface area contributed by atoms with E-state index in [0.29, 0.717) is 17.3 Å². The lowest BCUT2D eigenvalue weighted by molar-refractivity contribution is 0.0903. The highest BCUT2D eigenvalue weighted by Gasteiger charge is 2.35. The van der Waals surface area contributed by atoms with E-state index in [4.69, 9.17) is 0 Å². The molecule has 0 spiro atoms. The van der Waals surface area contributed by atoms with Crippen LogP contribution in [-0.4, -0.2) is 11.2 Å². The molecular formula is C14H26O. The first-order valence-electron chi connectivity index (χ1n) is 6.20. The molecule has 1 N–H and O–H groups in total. The van der Waals surface area contributed by atoms with Crippen molar-refractivity contribution < 1.29 is 5.11 Å². The first kappa shape index (κ1) is 12.8. The van der Waals surface area contributed by atoms with Gasteiger partial charge >= 0.3 is 0 Å². The number of rotatable bonds is 3. The maximum atomic E-state index is 9.58. The Bertz CT molecular complexity index is 227. The van der Waals surface area contributed by atoms with E-state index < -0.39 is 0 Å². The molecule has 0 aromatic carbocycles. The maximum Gasteiger partial charge on any atom is 0.0537 e. The summed E-state index contributed by atoms with van der Waals surface area (Å²) in [5, 5.41) is 9.58. The van der Waals surface area contributed by atoms with Gasteiger partial charge in [-0.3, -0.25) is 0 Å². The van der Waals surface area contributed by atoms with Gasteiger partial charge in [-0.25, -0.2) is 0 Å². The summed E-state index contributed by atoms with van der Waals surface area (Å²) in [7, 11) is 0. The molecule has 1 nitrogen and oxygen atoms in total. The molecule has 3 atom stereocenters. The summed E-state index contributed by atoms with van der Waals surface area (Å²) in [6, 6.07) is 0. The van der Waals surface area contributed by atoms with E-state index in [1.807, 2.05) is 6.92 Å². The van der Waals surface area contributed by atoms with Crippen LogP contribution < -0.4 is 0 Å². The van der Waals surface area contributed by atoms with Gasteiger partial charge < -0.3 is 5.11 Å². The Morgan fingerprint density at radius 1 is 1.47 bits per heavy atom. The second-order valence-electron chi connectivity index (χ2n) is 6.01. The lowest BCUT2D eigenvalue weighted by Gasteiger charge is -2.42. The Morgan fingerprint density at radius 3 is 2.53 bits per heavy atom. The van der Waals surface area contributed by atoms with Crippen LogP contribution in [0.4, 0.5) is 0 Å². The lowest BCUT2D eigenvalue weighted by Crippen LogP contribution is -2.32. The molecule has 0 aliphatic heterocycles. The average Bonchev–Trinajstić information content (AvgIpc) is 2.10. The van der Waals surface area contributed by atoms with Crippen molar-refractivity contribution in [3.05, 3.63) is 12.2 Å². The molecule has 1 fully saturated rings.